The molecule has 0 unspecified atom stereocenters. The Kier molecular flexibility index (Phi) is 6.37. The van der Waals surface area contributed by atoms with E-state index in [1.807, 2.05) is 38.1 Å². The normalized spacial score (nSPS) is 12.7. The minimum absolute atomic E-state index is 0.199. The van der Waals surface area contributed by atoms with E-state index in [-0.39, 0.29) is 11.0 Å². The fourth-order valence-electron chi connectivity index (χ4n) is 1.87. The topological polar surface area (TPSA) is 35.5 Å². The van der Waals surface area contributed by atoms with E-state index in [9.17, 15) is 4.79 Å². The molecule has 0 saturated carbocycles. The van der Waals surface area contributed by atoms with Crippen molar-refractivity contribution in [1.29, 1.82) is 0 Å². The molecule has 0 aromatic heterocycles. The third kappa shape index (κ3) is 5.32. The quantitative estimate of drug-likeness (QED) is 0.418. The number of carbonyl (C=O) groups excluding carboxylic acids is 1. The first-order chi connectivity index (χ1) is 10.5. The van der Waals surface area contributed by atoms with Gasteiger partial charge < -0.3 is 9.16 Å². The van der Waals surface area contributed by atoms with Gasteiger partial charge in [-0.1, -0.05) is 45.1 Å². The minimum Gasteiger partial charge on any atom is -0.426 e. The maximum absolute atomic E-state index is 11.3. The van der Waals surface area contributed by atoms with Gasteiger partial charge in [-0.15, -0.1) is 0 Å². The average Bonchev–Trinajstić information content (AvgIpc) is 2.40. The number of rotatable bonds is 5. The van der Waals surface area contributed by atoms with Crippen LogP contribution in [0.2, 0.25) is 18.1 Å². The molecule has 0 N–H and O–H groups in total. The summed E-state index contributed by atoms with van der Waals surface area (Å²) in [6.07, 6.45) is 3.97. The molecule has 0 bridgehead atoms. The fourth-order valence-corrected chi connectivity index (χ4v) is 2.82. The maximum atomic E-state index is 11.3. The lowest BCUT2D eigenvalue weighted by molar-refractivity contribution is -0.131. The van der Waals surface area contributed by atoms with Gasteiger partial charge in [0.1, 0.15) is 5.75 Å². The van der Waals surface area contributed by atoms with Gasteiger partial charge in [-0.3, -0.25) is 4.79 Å². The molecule has 1 rings (SSSR count). The van der Waals surface area contributed by atoms with E-state index >= 15 is 0 Å². The zero-order valence-electron chi connectivity index (χ0n) is 15.7. The first kappa shape index (κ1) is 19.7. The van der Waals surface area contributed by atoms with Crippen molar-refractivity contribution in [2.24, 2.45) is 0 Å². The summed E-state index contributed by atoms with van der Waals surface area (Å²) in [5.74, 6) is 0.340. The Morgan fingerprint density at radius 3 is 2.35 bits per heavy atom. The third-order valence-corrected chi connectivity index (χ3v) is 9.10. The van der Waals surface area contributed by atoms with Crippen LogP contribution < -0.4 is 4.74 Å². The molecule has 0 saturated heterocycles. The van der Waals surface area contributed by atoms with Crippen LogP contribution >= 0.6 is 0 Å². The standard InChI is InChI=1S/C19H30O3Si/c1-14-11-12-17(18(15(14)2)22-16(3)20)10-9-13-21-23(7,8)19(4,5)6/h9-12H,13H2,1-8H3/b10-9-. The zero-order chi connectivity index (χ0) is 17.8. The Morgan fingerprint density at radius 1 is 1.22 bits per heavy atom. The molecule has 4 heteroatoms. The number of hydrogen-bond acceptors (Lipinski definition) is 3. The predicted octanol–water partition coefficient (Wildman–Crippen LogP) is 5.26. The Balaban J connectivity index is 2.89. The zero-order valence-corrected chi connectivity index (χ0v) is 16.7. The van der Waals surface area contributed by atoms with E-state index in [1.54, 1.807) is 0 Å². The Morgan fingerprint density at radius 2 is 1.83 bits per heavy atom. The summed E-state index contributed by atoms with van der Waals surface area (Å²) < 4.78 is 11.5. The van der Waals surface area contributed by atoms with Gasteiger partial charge in [0.05, 0.1) is 6.61 Å². The summed E-state index contributed by atoms with van der Waals surface area (Å²) in [4.78, 5) is 11.3. The lowest BCUT2D eigenvalue weighted by Crippen LogP contribution is -2.40. The highest BCUT2D eigenvalue weighted by molar-refractivity contribution is 6.74. The summed E-state index contributed by atoms with van der Waals surface area (Å²) in [6, 6.07) is 4.01. The lowest BCUT2D eigenvalue weighted by atomic mass is 10.0. The molecule has 0 amide bonds. The Labute approximate surface area is 141 Å². The summed E-state index contributed by atoms with van der Waals surface area (Å²) >= 11 is 0. The van der Waals surface area contributed by atoms with Crippen molar-refractivity contribution >= 4 is 20.4 Å². The van der Waals surface area contributed by atoms with Gasteiger partial charge in [0, 0.05) is 12.5 Å². The van der Waals surface area contributed by atoms with Crippen molar-refractivity contribution in [3.05, 3.63) is 34.9 Å². The average molecular weight is 335 g/mol. The molecule has 0 spiro atoms. The van der Waals surface area contributed by atoms with Crippen LogP contribution in [0.1, 0.15) is 44.4 Å². The molecule has 0 aliphatic rings. The van der Waals surface area contributed by atoms with E-state index < -0.39 is 8.32 Å². The van der Waals surface area contributed by atoms with Crippen LogP contribution in [0.15, 0.2) is 18.2 Å². The number of aryl methyl sites for hydroxylation is 1. The summed E-state index contributed by atoms with van der Waals surface area (Å²) in [5.41, 5.74) is 3.01. The number of benzene rings is 1. The van der Waals surface area contributed by atoms with Crippen molar-refractivity contribution in [2.75, 3.05) is 6.61 Å². The molecule has 0 heterocycles. The molecule has 0 aliphatic carbocycles. The molecule has 0 radical (unpaired) electrons. The summed E-state index contributed by atoms with van der Waals surface area (Å²) in [6.45, 7) is 17.1. The highest BCUT2D eigenvalue weighted by Crippen LogP contribution is 2.36. The molecule has 128 valence electrons. The second-order valence-electron chi connectivity index (χ2n) is 7.49. The fraction of sp³-hybridized carbons (Fsp3) is 0.526. The first-order valence-corrected chi connectivity index (χ1v) is 11.0. The summed E-state index contributed by atoms with van der Waals surface area (Å²) in [5, 5.41) is 0.199. The van der Waals surface area contributed by atoms with Crippen LogP contribution in [0.4, 0.5) is 0 Å². The first-order valence-electron chi connectivity index (χ1n) is 8.05. The second kappa shape index (κ2) is 7.45. The predicted molar refractivity (Wildman–Crippen MR) is 99.4 cm³/mol. The maximum Gasteiger partial charge on any atom is 0.308 e. The highest BCUT2D eigenvalue weighted by atomic mass is 28.4. The van der Waals surface area contributed by atoms with E-state index in [2.05, 4.69) is 33.9 Å². The number of carbonyl (C=O) groups is 1. The highest BCUT2D eigenvalue weighted by Gasteiger charge is 2.36. The van der Waals surface area contributed by atoms with Crippen LogP contribution in [0.5, 0.6) is 5.75 Å². The number of esters is 1. The molecule has 3 nitrogen and oxygen atoms in total. The van der Waals surface area contributed by atoms with Gasteiger partial charge in [-0.05, 0) is 43.1 Å². The van der Waals surface area contributed by atoms with Gasteiger partial charge in [-0.2, -0.15) is 0 Å². The van der Waals surface area contributed by atoms with Crippen LogP contribution in [-0.2, 0) is 9.22 Å². The van der Waals surface area contributed by atoms with Crippen LogP contribution in [0.25, 0.3) is 6.08 Å². The molecular formula is C19H30O3Si. The largest absolute Gasteiger partial charge is 0.426 e. The van der Waals surface area contributed by atoms with Gasteiger partial charge in [0.15, 0.2) is 8.32 Å². The molecule has 1 aromatic carbocycles. The van der Waals surface area contributed by atoms with E-state index in [0.717, 1.165) is 16.7 Å². The van der Waals surface area contributed by atoms with Gasteiger partial charge in [0.25, 0.3) is 0 Å². The van der Waals surface area contributed by atoms with Crippen molar-refractivity contribution in [3.63, 3.8) is 0 Å². The Bertz CT molecular complexity index is 595. The minimum atomic E-state index is -1.74. The monoisotopic (exact) mass is 334 g/mol. The molecule has 0 fully saturated rings. The SMILES string of the molecule is CC(=O)Oc1c(/C=C\CO[Si](C)(C)C(C)(C)C)ccc(C)c1C. The third-order valence-electron chi connectivity index (χ3n) is 4.60. The van der Waals surface area contributed by atoms with Crippen molar-refractivity contribution in [1.82, 2.24) is 0 Å². The molecule has 0 atom stereocenters. The smallest absolute Gasteiger partial charge is 0.308 e. The molecule has 23 heavy (non-hydrogen) atoms. The van der Waals surface area contributed by atoms with E-state index in [0.29, 0.717) is 12.4 Å². The molecule has 1 aromatic rings. The van der Waals surface area contributed by atoms with Crippen molar-refractivity contribution in [2.45, 2.75) is 59.7 Å². The number of ether oxygens (including phenoxy) is 1. The summed E-state index contributed by atoms with van der Waals surface area (Å²) in [7, 11) is -1.74. The number of hydrogen-bond donors (Lipinski definition) is 0. The lowest BCUT2D eigenvalue weighted by Gasteiger charge is -2.35. The molecule has 0 aliphatic heterocycles. The van der Waals surface area contributed by atoms with E-state index in [4.69, 9.17) is 9.16 Å². The van der Waals surface area contributed by atoms with Gasteiger partial charge in [0.2, 0.25) is 0 Å². The van der Waals surface area contributed by atoms with Crippen LogP contribution in [0.3, 0.4) is 0 Å². The van der Waals surface area contributed by atoms with Crippen LogP contribution in [-0.4, -0.2) is 20.9 Å². The van der Waals surface area contributed by atoms with Gasteiger partial charge in [-0.25, -0.2) is 0 Å². The van der Waals surface area contributed by atoms with Crippen LogP contribution in [0, 0.1) is 13.8 Å². The van der Waals surface area contributed by atoms with Gasteiger partial charge >= 0.3 is 5.97 Å². The second-order valence-corrected chi connectivity index (χ2v) is 12.3. The van der Waals surface area contributed by atoms with Crippen molar-refractivity contribution < 1.29 is 14.0 Å². The molecular weight excluding hydrogens is 304 g/mol. The Hall–Kier alpha value is -1.39. The van der Waals surface area contributed by atoms with E-state index in [1.165, 1.54) is 6.92 Å². The van der Waals surface area contributed by atoms with Crippen molar-refractivity contribution in [3.8, 4) is 5.75 Å².